The Morgan fingerprint density at radius 2 is 2.10 bits per heavy atom. The van der Waals surface area contributed by atoms with Crippen LogP contribution in [-0.2, 0) is 4.79 Å². The van der Waals surface area contributed by atoms with Gasteiger partial charge in [-0.1, -0.05) is 18.2 Å². The molecule has 0 bridgehead atoms. The average Bonchev–Trinajstić information content (AvgIpc) is 2.45. The fraction of sp³-hybridized carbons (Fsp3) is 0.562. The molecule has 1 N–H and O–H groups in total. The molecule has 0 aromatic heterocycles. The molecule has 5 heteroatoms. The fourth-order valence-electron chi connectivity index (χ4n) is 2.86. The third-order valence-electron chi connectivity index (χ3n) is 4.26. The zero-order chi connectivity index (χ0) is 14.7. The summed E-state index contributed by atoms with van der Waals surface area (Å²) in [6.07, 6.45) is 1.71. The number of carbonyl (C=O) groups excluding carboxylic acids is 1. The Hall–Kier alpha value is -1.13. The maximum atomic E-state index is 13.8. The van der Waals surface area contributed by atoms with Crippen molar-refractivity contribution in [2.45, 2.75) is 38.8 Å². The summed E-state index contributed by atoms with van der Waals surface area (Å²) in [5.41, 5.74) is 0.574. The number of hydrogen-bond acceptors (Lipinski definition) is 2. The average molecular weight is 315 g/mol. The van der Waals surface area contributed by atoms with Gasteiger partial charge >= 0.3 is 0 Å². The molecular weight excluding hydrogens is 291 g/mol. The van der Waals surface area contributed by atoms with Crippen LogP contribution in [0.1, 0.15) is 38.3 Å². The molecule has 1 aromatic rings. The number of nitrogens with one attached hydrogen (secondary N) is 1. The molecule has 0 spiro atoms. The number of hydrogen-bond donors (Lipinski definition) is 1. The molecule has 3 atom stereocenters. The lowest BCUT2D eigenvalue weighted by Crippen LogP contribution is -2.43. The first-order valence-electron chi connectivity index (χ1n) is 7.25. The van der Waals surface area contributed by atoms with Gasteiger partial charge in [-0.15, -0.1) is 12.4 Å². The molecule has 118 valence electrons. The maximum Gasteiger partial charge on any atom is 0.226 e. The van der Waals surface area contributed by atoms with Gasteiger partial charge in [-0.2, -0.15) is 0 Å². The maximum absolute atomic E-state index is 13.8. The number of amides is 1. The summed E-state index contributed by atoms with van der Waals surface area (Å²) in [6.45, 7) is 4.85. The van der Waals surface area contributed by atoms with Crippen molar-refractivity contribution in [2.75, 3.05) is 13.6 Å². The minimum Gasteiger partial charge on any atom is -0.339 e. The van der Waals surface area contributed by atoms with Crippen LogP contribution in [0.5, 0.6) is 0 Å². The van der Waals surface area contributed by atoms with Crippen LogP contribution in [0.3, 0.4) is 0 Å². The van der Waals surface area contributed by atoms with Gasteiger partial charge in [0.05, 0.1) is 6.04 Å². The van der Waals surface area contributed by atoms with Crippen LogP contribution in [0.4, 0.5) is 4.39 Å². The zero-order valence-electron chi connectivity index (χ0n) is 12.8. The van der Waals surface area contributed by atoms with Crippen molar-refractivity contribution in [2.24, 2.45) is 5.92 Å². The Kier molecular flexibility index (Phi) is 6.62. The van der Waals surface area contributed by atoms with Gasteiger partial charge in [0.2, 0.25) is 5.91 Å². The van der Waals surface area contributed by atoms with Gasteiger partial charge in [-0.05, 0) is 39.3 Å². The fourth-order valence-corrected chi connectivity index (χ4v) is 2.86. The van der Waals surface area contributed by atoms with Crippen molar-refractivity contribution in [3.63, 3.8) is 0 Å². The molecule has 1 amide bonds. The monoisotopic (exact) mass is 314 g/mol. The molecule has 0 aliphatic carbocycles. The second-order valence-electron chi connectivity index (χ2n) is 5.72. The smallest absolute Gasteiger partial charge is 0.226 e. The van der Waals surface area contributed by atoms with Crippen LogP contribution in [0.2, 0.25) is 0 Å². The van der Waals surface area contributed by atoms with E-state index in [0.29, 0.717) is 11.6 Å². The molecule has 1 aliphatic heterocycles. The van der Waals surface area contributed by atoms with Gasteiger partial charge in [-0.25, -0.2) is 4.39 Å². The molecule has 1 saturated heterocycles. The van der Waals surface area contributed by atoms with E-state index in [0.717, 1.165) is 19.4 Å². The predicted octanol–water partition coefficient (Wildman–Crippen LogP) is 3.16. The van der Waals surface area contributed by atoms with Crippen molar-refractivity contribution in [1.29, 1.82) is 0 Å². The normalized spacial score (nSPS) is 23.0. The highest BCUT2D eigenvalue weighted by atomic mass is 35.5. The molecule has 0 radical (unpaired) electrons. The lowest BCUT2D eigenvalue weighted by molar-refractivity contribution is -0.137. The standard InChI is InChI=1S/C16H23FN2O.ClH/c1-11-10-13(8-9-18-11)16(20)19(3)12(2)14-6-4-5-7-15(14)17;/h4-7,11-13,18H,8-10H2,1-3H3;1H/t11-,12?,13-;/m0./s1. The summed E-state index contributed by atoms with van der Waals surface area (Å²) >= 11 is 0. The molecule has 1 unspecified atom stereocenters. The zero-order valence-corrected chi connectivity index (χ0v) is 13.6. The molecule has 3 nitrogen and oxygen atoms in total. The van der Waals surface area contributed by atoms with Crippen molar-refractivity contribution in [3.05, 3.63) is 35.6 Å². The van der Waals surface area contributed by atoms with E-state index in [1.54, 1.807) is 30.1 Å². The van der Waals surface area contributed by atoms with Crippen molar-refractivity contribution in [3.8, 4) is 0 Å². The first kappa shape index (κ1) is 17.9. The second kappa shape index (κ2) is 7.76. The Morgan fingerprint density at radius 3 is 2.71 bits per heavy atom. The lowest BCUT2D eigenvalue weighted by Gasteiger charge is -2.33. The van der Waals surface area contributed by atoms with Gasteiger partial charge in [0.1, 0.15) is 5.82 Å². The Balaban J connectivity index is 0.00000220. The van der Waals surface area contributed by atoms with Gasteiger partial charge in [0.15, 0.2) is 0 Å². The first-order valence-corrected chi connectivity index (χ1v) is 7.25. The number of carbonyl (C=O) groups is 1. The van der Waals surface area contributed by atoms with E-state index >= 15 is 0 Å². The molecule has 2 rings (SSSR count). The number of halogens is 2. The first-order chi connectivity index (χ1) is 9.50. The third-order valence-corrected chi connectivity index (χ3v) is 4.26. The van der Waals surface area contributed by atoms with Crippen molar-refractivity contribution < 1.29 is 9.18 Å². The second-order valence-corrected chi connectivity index (χ2v) is 5.72. The van der Waals surface area contributed by atoms with E-state index in [2.05, 4.69) is 12.2 Å². The number of rotatable bonds is 3. The largest absolute Gasteiger partial charge is 0.339 e. The van der Waals surface area contributed by atoms with E-state index in [-0.39, 0.29) is 36.1 Å². The lowest BCUT2D eigenvalue weighted by atomic mass is 9.91. The van der Waals surface area contributed by atoms with Crippen LogP contribution in [0.25, 0.3) is 0 Å². The Morgan fingerprint density at radius 1 is 1.43 bits per heavy atom. The van der Waals surface area contributed by atoms with Crippen molar-refractivity contribution >= 4 is 18.3 Å². The summed E-state index contributed by atoms with van der Waals surface area (Å²) in [6, 6.07) is 6.79. The third kappa shape index (κ3) is 4.17. The van der Waals surface area contributed by atoms with Gasteiger partial charge in [-0.3, -0.25) is 4.79 Å². The molecule has 21 heavy (non-hydrogen) atoms. The summed E-state index contributed by atoms with van der Waals surface area (Å²) in [5.74, 6) is -0.0853. The summed E-state index contributed by atoms with van der Waals surface area (Å²) in [7, 11) is 1.77. The SMILES string of the molecule is CC(c1ccccc1F)N(C)C(=O)[C@H]1CCN[C@@H](C)C1.Cl. The van der Waals surface area contributed by atoms with Crippen LogP contribution in [-0.4, -0.2) is 30.4 Å². The quantitative estimate of drug-likeness (QED) is 0.929. The number of benzene rings is 1. The number of piperidine rings is 1. The highest BCUT2D eigenvalue weighted by Gasteiger charge is 2.29. The highest BCUT2D eigenvalue weighted by Crippen LogP contribution is 2.26. The Labute approximate surface area is 132 Å². The van der Waals surface area contributed by atoms with Crippen LogP contribution < -0.4 is 5.32 Å². The minimum atomic E-state index is -0.252. The van der Waals surface area contributed by atoms with E-state index in [9.17, 15) is 9.18 Å². The summed E-state index contributed by atoms with van der Waals surface area (Å²) in [4.78, 5) is 14.2. The molecule has 1 aromatic carbocycles. The van der Waals surface area contributed by atoms with Gasteiger partial charge < -0.3 is 10.2 Å². The highest BCUT2D eigenvalue weighted by molar-refractivity contribution is 5.85. The molecular formula is C16H24ClFN2O. The van der Waals surface area contributed by atoms with E-state index in [4.69, 9.17) is 0 Å². The van der Waals surface area contributed by atoms with Crippen LogP contribution in [0, 0.1) is 11.7 Å². The van der Waals surface area contributed by atoms with E-state index in [1.807, 2.05) is 6.92 Å². The van der Waals surface area contributed by atoms with E-state index < -0.39 is 0 Å². The molecule has 1 aliphatic rings. The minimum absolute atomic E-state index is 0. The summed E-state index contributed by atoms with van der Waals surface area (Å²) < 4.78 is 13.8. The van der Waals surface area contributed by atoms with Crippen LogP contribution in [0.15, 0.2) is 24.3 Å². The van der Waals surface area contributed by atoms with Crippen molar-refractivity contribution in [1.82, 2.24) is 10.2 Å². The van der Waals surface area contributed by atoms with E-state index in [1.165, 1.54) is 6.07 Å². The molecule has 1 fully saturated rings. The Bertz CT molecular complexity index is 483. The predicted molar refractivity (Wildman–Crippen MR) is 85.0 cm³/mol. The summed E-state index contributed by atoms with van der Waals surface area (Å²) in [5, 5.41) is 3.35. The van der Waals surface area contributed by atoms with Gasteiger partial charge in [0.25, 0.3) is 0 Å². The topological polar surface area (TPSA) is 32.3 Å². The van der Waals surface area contributed by atoms with Crippen LogP contribution >= 0.6 is 12.4 Å². The number of nitrogens with zero attached hydrogens (tertiary/aromatic N) is 1. The molecule has 1 heterocycles. The van der Waals surface area contributed by atoms with Gasteiger partial charge in [0, 0.05) is 24.6 Å². The molecule has 0 saturated carbocycles.